The first-order valence-electron chi connectivity index (χ1n) is 5.24. The molecule has 0 amide bonds. The third-order valence-electron chi connectivity index (χ3n) is 2.47. The molecule has 0 radical (unpaired) electrons. The van der Waals surface area contributed by atoms with E-state index in [0.717, 1.165) is 11.3 Å². The highest BCUT2D eigenvalue weighted by Gasteiger charge is 2.17. The normalized spacial score (nSPS) is 10.3. The van der Waals surface area contributed by atoms with E-state index in [2.05, 4.69) is 5.10 Å². The Hall–Kier alpha value is -1.79. The molecule has 6 heteroatoms. The van der Waals surface area contributed by atoms with Gasteiger partial charge in [0.15, 0.2) is 0 Å². The van der Waals surface area contributed by atoms with E-state index < -0.39 is 7.32 Å². The van der Waals surface area contributed by atoms with E-state index in [0.29, 0.717) is 12.2 Å². The van der Waals surface area contributed by atoms with Crippen LogP contribution in [0.5, 0.6) is 5.75 Å². The maximum atomic E-state index is 8.80. The van der Waals surface area contributed by atoms with Gasteiger partial charge in [-0.05, 0) is 5.56 Å². The number of aryl methyl sites for hydroxylation is 1. The van der Waals surface area contributed by atoms with Crippen LogP contribution in [0.25, 0.3) is 0 Å². The Morgan fingerprint density at radius 2 is 2.00 bits per heavy atom. The van der Waals surface area contributed by atoms with Crippen LogP contribution in [-0.2, 0) is 13.5 Å². The molecule has 0 aliphatic heterocycles. The highest BCUT2D eigenvalue weighted by atomic mass is 16.6. The van der Waals surface area contributed by atoms with Gasteiger partial charge in [0.2, 0.25) is 0 Å². The van der Waals surface area contributed by atoms with Crippen LogP contribution in [0.3, 0.4) is 0 Å². The van der Waals surface area contributed by atoms with Gasteiger partial charge in [-0.25, -0.2) is 0 Å². The number of benzene rings is 1. The van der Waals surface area contributed by atoms with E-state index in [4.69, 9.17) is 14.7 Å². The van der Waals surface area contributed by atoms with Gasteiger partial charge in [-0.3, -0.25) is 4.68 Å². The van der Waals surface area contributed by atoms with Gasteiger partial charge in [0.05, 0.1) is 11.9 Å². The molecule has 0 saturated heterocycles. The molecule has 5 nitrogen and oxygen atoms in total. The minimum absolute atomic E-state index is 0.381. The molecule has 1 heterocycles. The molecule has 2 aromatic rings. The molecule has 0 spiro atoms. The Labute approximate surface area is 99.5 Å². The lowest BCUT2D eigenvalue weighted by molar-refractivity contribution is 0.287. The monoisotopic (exact) mass is 232 g/mol. The van der Waals surface area contributed by atoms with Crippen LogP contribution >= 0.6 is 0 Å². The largest absolute Gasteiger partial charge is 0.707 e. The van der Waals surface area contributed by atoms with Crippen LogP contribution in [0.2, 0.25) is 0 Å². The van der Waals surface area contributed by atoms with Gasteiger partial charge < -0.3 is 14.7 Å². The smallest absolute Gasteiger partial charge is 0.509 e. The summed E-state index contributed by atoms with van der Waals surface area (Å²) < 4.78 is 6.52. The average molecular weight is 232 g/mol. The lowest BCUT2D eigenvalue weighted by atomic mass is 10.1. The molecule has 0 unspecified atom stereocenters. The molecule has 2 N–H and O–H groups in total. The van der Waals surface area contributed by atoms with E-state index in [1.54, 1.807) is 11.7 Å². The quantitative estimate of drug-likeness (QED) is 0.747. The molecule has 0 atom stereocenters. The highest BCUT2D eigenvalue weighted by molar-refractivity contribution is 6.33. The van der Waals surface area contributed by atoms with Gasteiger partial charge in [-0.2, -0.15) is 5.10 Å². The molecule has 0 saturated carbocycles. The third kappa shape index (κ3) is 2.86. The molecule has 2 rings (SSSR count). The molecular weight excluding hydrogens is 219 g/mol. The molecule has 1 aromatic heterocycles. The topological polar surface area (TPSA) is 67.5 Å². The van der Waals surface area contributed by atoms with Gasteiger partial charge in [-0.15, -0.1) is 0 Å². The van der Waals surface area contributed by atoms with Crippen molar-refractivity contribution in [3.63, 3.8) is 0 Å². The minimum Gasteiger partial charge on any atom is -0.509 e. The van der Waals surface area contributed by atoms with Crippen LogP contribution in [0.4, 0.5) is 0 Å². The first-order valence-corrected chi connectivity index (χ1v) is 5.24. The van der Waals surface area contributed by atoms with Crippen LogP contribution in [0.1, 0.15) is 11.3 Å². The number of rotatable bonds is 4. The van der Waals surface area contributed by atoms with Crippen LogP contribution in [-0.4, -0.2) is 27.1 Å². The summed E-state index contributed by atoms with van der Waals surface area (Å²) in [6.45, 7) is 0. The summed E-state index contributed by atoms with van der Waals surface area (Å²) in [5.74, 6) is 0.381. The second-order valence-corrected chi connectivity index (χ2v) is 3.69. The minimum atomic E-state index is -1.83. The first kappa shape index (κ1) is 11.7. The van der Waals surface area contributed by atoms with Gasteiger partial charge in [0, 0.05) is 13.5 Å². The predicted octanol–water partition coefficient (Wildman–Crippen LogP) is 0.359. The van der Waals surface area contributed by atoms with E-state index >= 15 is 0 Å². The summed E-state index contributed by atoms with van der Waals surface area (Å²) in [6.07, 6.45) is 2.09. The van der Waals surface area contributed by atoms with Crippen molar-refractivity contribution >= 4 is 7.32 Å². The van der Waals surface area contributed by atoms with E-state index in [-0.39, 0.29) is 0 Å². The predicted molar refractivity (Wildman–Crippen MR) is 63.3 cm³/mol. The van der Waals surface area contributed by atoms with Crippen molar-refractivity contribution in [2.24, 2.45) is 7.05 Å². The molecule has 17 heavy (non-hydrogen) atoms. The van der Waals surface area contributed by atoms with E-state index in [9.17, 15) is 0 Å². The fourth-order valence-electron chi connectivity index (χ4n) is 1.65. The molecule has 0 fully saturated rings. The van der Waals surface area contributed by atoms with E-state index in [1.807, 2.05) is 30.3 Å². The second-order valence-electron chi connectivity index (χ2n) is 3.69. The Balaban J connectivity index is 2.23. The standard InChI is InChI=1S/C11H13BN2O3/c1-14-10(7-9-5-3-2-4-6-9)11(8-13-14)17-12(15)16/h2-6,8,15-16H,7H2,1H3. The van der Waals surface area contributed by atoms with E-state index in [1.165, 1.54) is 6.20 Å². The van der Waals surface area contributed by atoms with Crippen LogP contribution in [0.15, 0.2) is 36.5 Å². The summed E-state index contributed by atoms with van der Waals surface area (Å²) in [7, 11) is -0.0387. The lowest BCUT2D eigenvalue weighted by Crippen LogP contribution is -2.21. The van der Waals surface area contributed by atoms with Gasteiger partial charge in [0.1, 0.15) is 5.75 Å². The third-order valence-corrected chi connectivity index (χ3v) is 2.47. The van der Waals surface area contributed by atoms with Crippen molar-refractivity contribution in [1.82, 2.24) is 9.78 Å². The maximum Gasteiger partial charge on any atom is 0.707 e. The second kappa shape index (κ2) is 5.03. The number of hydrogen-bond acceptors (Lipinski definition) is 4. The fourth-order valence-corrected chi connectivity index (χ4v) is 1.65. The van der Waals surface area contributed by atoms with Gasteiger partial charge in [-0.1, -0.05) is 30.3 Å². The lowest BCUT2D eigenvalue weighted by Gasteiger charge is -2.07. The Morgan fingerprint density at radius 3 is 2.65 bits per heavy atom. The molecule has 0 aliphatic carbocycles. The van der Waals surface area contributed by atoms with Crippen molar-refractivity contribution in [1.29, 1.82) is 0 Å². The summed E-state index contributed by atoms with van der Waals surface area (Å²) >= 11 is 0. The molecular formula is C11H13BN2O3. The Kier molecular flexibility index (Phi) is 3.46. The van der Waals surface area contributed by atoms with Crippen molar-refractivity contribution in [3.05, 3.63) is 47.8 Å². The highest BCUT2D eigenvalue weighted by Crippen LogP contribution is 2.20. The Bertz CT molecular complexity index is 485. The average Bonchev–Trinajstić information content (AvgIpc) is 2.62. The molecule has 88 valence electrons. The number of nitrogens with zero attached hydrogens (tertiary/aromatic N) is 2. The first-order chi connectivity index (χ1) is 8.16. The number of hydrogen-bond donors (Lipinski definition) is 2. The van der Waals surface area contributed by atoms with Crippen LogP contribution < -0.4 is 4.65 Å². The fraction of sp³-hybridized carbons (Fsp3) is 0.182. The molecule has 0 bridgehead atoms. The Morgan fingerprint density at radius 1 is 1.29 bits per heavy atom. The van der Waals surface area contributed by atoms with Crippen molar-refractivity contribution in [2.75, 3.05) is 0 Å². The van der Waals surface area contributed by atoms with Crippen molar-refractivity contribution in [2.45, 2.75) is 6.42 Å². The summed E-state index contributed by atoms with van der Waals surface area (Å²) in [4.78, 5) is 0. The molecule has 1 aromatic carbocycles. The maximum absolute atomic E-state index is 8.80. The summed E-state index contributed by atoms with van der Waals surface area (Å²) in [5.41, 5.74) is 1.90. The number of aromatic nitrogens is 2. The summed E-state index contributed by atoms with van der Waals surface area (Å²) in [5, 5.41) is 21.6. The zero-order valence-corrected chi connectivity index (χ0v) is 9.45. The van der Waals surface area contributed by atoms with Gasteiger partial charge >= 0.3 is 7.32 Å². The molecule has 0 aliphatic rings. The SMILES string of the molecule is Cn1ncc(OB(O)O)c1Cc1ccccc1. The van der Waals surface area contributed by atoms with Crippen molar-refractivity contribution in [3.8, 4) is 5.75 Å². The summed E-state index contributed by atoms with van der Waals surface area (Å²) in [6, 6.07) is 9.83. The van der Waals surface area contributed by atoms with Gasteiger partial charge in [0.25, 0.3) is 0 Å². The van der Waals surface area contributed by atoms with Crippen LogP contribution in [0, 0.1) is 0 Å². The van der Waals surface area contributed by atoms with Crippen molar-refractivity contribution < 1.29 is 14.7 Å². The zero-order valence-electron chi connectivity index (χ0n) is 9.45. The zero-order chi connectivity index (χ0) is 12.3.